The number of allylic oxidation sites excluding steroid dienone is 2. The Bertz CT molecular complexity index is 724. The van der Waals surface area contributed by atoms with E-state index in [9.17, 15) is 4.79 Å². The quantitative estimate of drug-likeness (QED) is 0.201. The Labute approximate surface area is 209 Å². The van der Waals surface area contributed by atoms with Gasteiger partial charge in [0.1, 0.15) is 6.10 Å². The molecule has 2 heteroatoms. The minimum absolute atomic E-state index is 0.110. The average molecular weight is 467 g/mol. The van der Waals surface area contributed by atoms with Crippen molar-refractivity contribution >= 4 is 11.5 Å². The number of benzene rings is 1. The maximum Gasteiger partial charge on any atom is 0.338 e. The lowest BCUT2D eigenvalue weighted by Gasteiger charge is -2.28. The van der Waals surface area contributed by atoms with Crippen molar-refractivity contribution in [1.82, 2.24) is 0 Å². The molecule has 190 valence electrons. The molecule has 0 aromatic heterocycles. The molecular weight excluding hydrogens is 416 g/mol. The third-order valence-electron chi connectivity index (χ3n) is 8.26. The molecule has 3 rings (SSSR count). The van der Waals surface area contributed by atoms with E-state index in [1.54, 1.807) is 0 Å². The van der Waals surface area contributed by atoms with Gasteiger partial charge in [-0.05, 0) is 80.1 Å². The Morgan fingerprint density at radius 2 is 1.38 bits per heavy atom. The van der Waals surface area contributed by atoms with Crippen LogP contribution in [-0.4, -0.2) is 12.1 Å². The van der Waals surface area contributed by atoms with E-state index in [-0.39, 0.29) is 12.1 Å². The predicted molar refractivity (Wildman–Crippen MR) is 145 cm³/mol. The molecule has 1 aromatic carbocycles. The summed E-state index contributed by atoms with van der Waals surface area (Å²) in [7, 11) is 0. The lowest BCUT2D eigenvalue weighted by atomic mass is 9.83. The van der Waals surface area contributed by atoms with Crippen LogP contribution in [0.25, 0.3) is 5.57 Å². The number of hydrogen-bond acceptors (Lipinski definition) is 2. The van der Waals surface area contributed by atoms with Gasteiger partial charge >= 0.3 is 5.97 Å². The maximum atomic E-state index is 12.7. The zero-order valence-electron chi connectivity index (χ0n) is 22.2. The molecule has 1 fully saturated rings. The number of carbonyl (C=O) groups is 1. The van der Waals surface area contributed by atoms with Gasteiger partial charge in [-0.15, -0.1) is 0 Å². The number of unbranched alkanes of at least 4 members (excludes halogenated alkanes) is 7. The molecule has 1 unspecified atom stereocenters. The third-order valence-corrected chi connectivity index (χ3v) is 8.26. The van der Waals surface area contributed by atoms with Crippen LogP contribution in [0.4, 0.5) is 0 Å². The van der Waals surface area contributed by atoms with Gasteiger partial charge in [-0.3, -0.25) is 0 Å². The number of carbonyl (C=O) groups excluding carboxylic acids is 1. The van der Waals surface area contributed by atoms with Crippen molar-refractivity contribution in [1.29, 1.82) is 0 Å². The van der Waals surface area contributed by atoms with Crippen molar-refractivity contribution in [2.75, 3.05) is 0 Å². The summed E-state index contributed by atoms with van der Waals surface area (Å²) in [5, 5.41) is 0. The highest BCUT2D eigenvalue weighted by Crippen LogP contribution is 2.33. The van der Waals surface area contributed by atoms with Gasteiger partial charge in [0, 0.05) is 0 Å². The van der Waals surface area contributed by atoms with Crippen LogP contribution in [0.5, 0.6) is 0 Å². The van der Waals surface area contributed by atoms with Crippen LogP contribution in [0, 0.1) is 11.8 Å². The summed E-state index contributed by atoms with van der Waals surface area (Å²) in [6.07, 6.45) is 25.8. The van der Waals surface area contributed by atoms with Crippen molar-refractivity contribution in [3.05, 3.63) is 41.5 Å². The van der Waals surface area contributed by atoms with Crippen molar-refractivity contribution in [2.24, 2.45) is 11.8 Å². The molecule has 1 aromatic rings. The van der Waals surface area contributed by atoms with E-state index in [0.29, 0.717) is 5.56 Å². The molecule has 0 radical (unpaired) electrons. The fourth-order valence-electron chi connectivity index (χ4n) is 5.89. The largest absolute Gasteiger partial charge is 0.459 e. The van der Waals surface area contributed by atoms with Crippen molar-refractivity contribution in [3.8, 4) is 0 Å². The average Bonchev–Trinajstić information content (AvgIpc) is 2.88. The van der Waals surface area contributed by atoms with Crippen LogP contribution in [-0.2, 0) is 4.74 Å². The summed E-state index contributed by atoms with van der Waals surface area (Å²) in [6.45, 7) is 4.55. The van der Waals surface area contributed by atoms with Gasteiger partial charge in [-0.1, -0.05) is 103 Å². The Morgan fingerprint density at radius 3 is 2.00 bits per heavy atom. The Hall–Kier alpha value is -1.57. The van der Waals surface area contributed by atoms with E-state index in [1.165, 1.54) is 114 Å². The van der Waals surface area contributed by atoms with Gasteiger partial charge in [-0.2, -0.15) is 0 Å². The topological polar surface area (TPSA) is 26.3 Å². The van der Waals surface area contributed by atoms with Crippen molar-refractivity contribution in [3.63, 3.8) is 0 Å². The van der Waals surface area contributed by atoms with Gasteiger partial charge < -0.3 is 4.74 Å². The fourth-order valence-corrected chi connectivity index (χ4v) is 5.89. The van der Waals surface area contributed by atoms with E-state index in [1.807, 2.05) is 12.1 Å². The number of esters is 1. The molecular formula is C32H50O2. The minimum atomic E-state index is -0.140. The molecule has 0 N–H and O–H groups in total. The van der Waals surface area contributed by atoms with Gasteiger partial charge in [0.25, 0.3) is 0 Å². The van der Waals surface area contributed by atoms with Gasteiger partial charge in [0.15, 0.2) is 0 Å². The van der Waals surface area contributed by atoms with E-state index in [2.05, 4.69) is 32.1 Å². The lowest BCUT2D eigenvalue weighted by Crippen LogP contribution is -2.24. The second-order valence-corrected chi connectivity index (χ2v) is 11.0. The Balaban J connectivity index is 1.37. The first-order valence-electron chi connectivity index (χ1n) is 14.7. The van der Waals surface area contributed by atoms with Crippen molar-refractivity contribution in [2.45, 2.75) is 136 Å². The molecule has 0 spiro atoms. The highest BCUT2D eigenvalue weighted by Gasteiger charge is 2.24. The summed E-state index contributed by atoms with van der Waals surface area (Å²) in [5.41, 5.74) is 3.44. The molecule has 1 atom stereocenters. The summed E-state index contributed by atoms with van der Waals surface area (Å²) in [5.74, 6) is 1.57. The highest BCUT2D eigenvalue weighted by molar-refractivity contribution is 5.90. The van der Waals surface area contributed by atoms with Crippen LogP contribution in [0.1, 0.15) is 145 Å². The third kappa shape index (κ3) is 9.23. The predicted octanol–water partition coefficient (Wildman–Crippen LogP) is 9.92. The zero-order valence-corrected chi connectivity index (χ0v) is 22.2. The molecule has 0 bridgehead atoms. The normalized spacial score (nSPS) is 22.9. The number of rotatable bonds is 14. The number of hydrogen-bond donors (Lipinski definition) is 0. The Kier molecular flexibility index (Phi) is 12.3. The molecule has 0 aliphatic heterocycles. The smallest absolute Gasteiger partial charge is 0.338 e. The van der Waals surface area contributed by atoms with Crippen LogP contribution in [0.2, 0.25) is 0 Å². The standard InChI is InChI=1S/C32H50O2/c1-3-5-7-9-11-13-26-14-18-28(19-15-26)29-20-22-30(23-21-29)32(33)34-31-24-16-27(17-25-31)12-10-8-6-4-2/h18,20-23,26-27,31H,3-17,19,24-25H2,1-2H3. The van der Waals surface area contributed by atoms with E-state index >= 15 is 0 Å². The zero-order chi connectivity index (χ0) is 24.0. The van der Waals surface area contributed by atoms with E-state index in [0.717, 1.165) is 24.7 Å². The van der Waals surface area contributed by atoms with E-state index in [4.69, 9.17) is 4.74 Å². The molecule has 2 aliphatic rings. The van der Waals surface area contributed by atoms with E-state index < -0.39 is 0 Å². The summed E-state index contributed by atoms with van der Waals surface area (Å²) in [6, 6.07) is 8.19. The van der Waals surface area contributed by atoms with Gasteiger partial charge in [0.2, 0.25) is 0 Å². The van der Waals surface area contributed by atoms with Crippen LogP contribution >= 0.6 is 0 Å². The molecule has 0 amide bonds. The molecule has 0 heterocycles. The van der Waals surface area contributed by atoms with Crippen LogP contribution in [0.3, 0.4) is 0 Å². The summed E-state index contributed by atoms with van der Waals surface area (Å²) in [4.78, 5) is 12.7. The maximum absolute atomic E-state index is 12.7. The van der Waals surface area contributed by atoms with Gasteiger partial charge in [0.05, 0.1) is 5.56 Å². The molecule has 1 saturated carbocycles. The Morgan fingerprint density at radius 1 is 0.765 bits per heavy atom. The second-order valence-electron chi connectivity index (χ2n) is 11.0. The first-order valence-corrected chi connectivity index (χ1v) is 14.7. The first-order chi connectivity index (χ1) is 16.7. The van der Waals surface area contributed by atoms with Crippen LogP contribution in [0.15, 0.2) is 30.3 Å². The molecule has 2 nitrogen and oxygen atoms in total. The number of ether oxygens (including phenoxy) is 1. The first kappa shape index (κ1) is 27.0. The fraction of sp³-hybridized carbons (Fsp3) is 0.719. The minimum Gasteiger partial charge on any atom is -0.459 e. The second kappa shape index (κ2) is 15.4. The van der Waals surface area contributed by atoms with Crippen molar-refractivity contribution < 1.29 is 9.53 Å². The monoisotopic (exact) mass is 466 g/mol. The van der Waals surface area contributed by atoms with Crippen LogP contribution < -0.4 is 0 Å². The highest BCUT2D eigenvalue weighted by atomic mass is 16.5. The molecule has 2 aliphatic carbocycles. The molecule has 0 saturated heterocycles. The lowest BCUT2D eigenvalue weighted by molar-refractivity contribution is 0.0161. The van der Waals surface area contributed by atoms with Gasteiger partial charge in [-0.25, -0.2) is 4.79 Å². The molecule has 34 heavy (non-hydrogen) atoms. The SMILES string of the molecule is CCCCCCCC1CC=C(c2ccc(C(=O)OC3CCC(CCCCCC)CC3)cc2)CC1. The summed E-state index contributed by atoms with van der Waals surface area (Å²) < 4.78 is 5.88. The summed E-state index contributed by atoms with van der Waals surface area (Å²) >= 11 is 0.